The van der Waals surface area contributed by atoms with E-state index in [-0.39, 0.29) is 12.1 Å². The summed E-state index contributed by atoms with van der Waals surface area (Å²) in [5, 5.41) is 2.84. The maximum atomic E-state index is 13.2. The van der Waals surface area contributed by atoms with Crippen molar-refractivity contribution in [3.05, 3.63) is 12.7 Å². The molecule has 0 spiro atoms. The Morgan fingerprint density at radius 1 is 0.960 bits per heavy atom. The summed E-state index contributed by atoms with van der Waals surface area (Å²) in [6.07, 6.45) is 8.81. The van der Waals surface area contributed by atoms with Gasteiger partial charge in [-0.2, -0.15) is 0 Å². The second-order valence-corrected chi connectivity index (χ2v) is 7.52. The molecule has 0 bridgehead atoms. The SMILES string of the molecule is C=CCNC(=O)N1CCN(C(C(=O)N2CCCC2)C2CCCC2)CC1. The molecule has 6 heteroatoms. The molecular formula is C19H32N4O2. The summed E-state index contributed by atoms with van der Waals surface area (Å²) in [5.41, 5.74) is 0. The minimum absolute atomic E-state index is 0.0252. The molecule has 3 aliphatic rings. The first kappa shape index (κ1) is 18.2. The minimum Gasteiger partial charge on any atom is -0.341 e. The van der Waals surface area contributed by atoms with Gasteiger partial charge in [-0.05, 0) is 31.6 Å². The largest absolute Gasteiger partial charge is 0.341 e. The van der Waals surface area contributed by atoms with Crippen LogP contribution >= 0.6 is 0 Å². The van der Waals surface area contributed by atoms with Crippen molar-refractivity contribution in [3.8, 4) is 0 Å². The number of likely N-dealkylation sites (tertiary alicyclic amines) is 1. The van der Waals surface area contributed by atoms with Gasteiger partial charge in [0.15, 0.2) is 0 Å². The van der Waals surface area contributed by atoms with Crippen LogP contribution in [0.4, 0.5) is 4.79 Å². The maximum absolute atomic E-state index is 13.2. The quantitative estimate of drug-likeness (QED) is 0.769. The van der Waals surface area contributed by atoms with Crippen LogP contribution in [0.15, 0.2) is 12.7 Å². The number of carbonyl (C=O) groups is 2. The van der Waals surface area contributed by atoms with E-state index in [0.717, 1.165) is 39.0 Å². The van der Waals surface area contributed by atoms with Gasteiger partial charge in [0.05, 0.1) is 6.04 Å². The van der Waals surface area contributed by atoms with E-state index in [9.17, 15) is 9.59 Å². The number of nitrogens with zero attached hydrogens (tertiary/aromatic N) is 3. The highest BCUT2D eigenvalue weighted by molar-refractivity contribution is 5.82. The molecule has 1 N–H and O–H groups in total. The minimum atomic E-state index is -0.0252. The average Bonchev–Trinajstić information content (AvgIpc) is 3.34. The Balaban J connectivity index is 1.61. The van der Waals surface area contributed by atoms with Crippen LogP contribution in [0.5, 0.6) is 0 Å². The zero-order valence-corrected chi connectivity index (χ0v) is 15.3. The Labute approximate surface area is 151 Å². The van der Waals surface area contributed by atoms with Gasteiger partial charge >= 0.3 is 6.03 Å². The summed E-state index contributed by atoms with van der Waals surface area (Å²) in [7, 11) is 0. The Morgan fingerprint density at radius 3 is 2.20 bits per heavy atom. The number of amides is 3. The summed E-state index contributed by atoms with van der Waals surface area (Å²) < 4.78 is 0. The molecular weight excluding hydrogens is 316 g/mol. The normalized spacial score (nSPS) is 23.7. The number of hydrogen-bond donors (Lipinski definition) is 1. The molecule has 6 nitrogen and oxygen atoms in total. The van der Waals surface area contributed by atoms with Gasteiger partial charge in [0.1, 0.15) is 0 Å². The predicted molar refractivity (Wildman–Crippen MR) is 98.3 cm³/mol. The molecule has 1 aliphatic carbocycles. The number of rotatable bonds is 5. The Hall–Kier alpha value is -1.56. The van der Waals surface area contributed by atoms with E-state index in [2.05, 4.69) is 21.7 Å². The van der Waals surface area contributed by atoms with Crippen LogP contribution < -0.4 is 5.32 Å². The zero-order valence-electron chi connectivity index (χ0n) is 15.3. The van der Waals surface area contributed by atoms with Crippen molar-refractivity contribution in [3.63, 3.8) is 0 Å². The van der Waals surface area contributed by atoms with Gasteiger partial charge in [-0.15, -0.1) is 6.58 Å². The van der Waals surface area contributed by atoms with Crippen LogP contribution in [-0.4, -0.2) is 78.5 Å². The summed E-state index contributed by atoms with van der Waals surface area (Å²) in [5.74, 6) is 0.836. The molecule has 2 heterocycles. The van der Waals surface area contributed by atoms with Crippen molar-refractivity contribution in [1.82, 2.24) is 20.0 Å². The van der Waals surface area contributed by atoms with Gasteiger partial charge < -0.3 is 15.1 Å². The fraction of sp³-hybridized carbons (Fsp3) is 0.789. The first-order valence-corrected chi connectivity index (χ1v) is 9.87. The molecule has 0 radical (unpaired) electrons. The number of urea groups is 1. The highest BCUT2D eigenvalue weighted by Gasteiger charge is 2.39. The van der Waals surface area contributed by atoms with Crippen LogP contribution in [0, 0.1) is 5.92 Å². The lowest BCUT2D eigenvalue weighted by Gasteiger charge is -2.41. The standard InChI is InChI=1S/C19H32N4O2/c1-2-9-20-19(25)23-14-12-21(13-15-23)17(16-7-3-4-8-16)18(24)22-10-5-6-11-22/h2,16-17H,1,3-15H2,(H,20,25). The fourth-order valence-corrected chi connectivity index (χ4v) is 4.53. The van der Waals surface area contributed by atoms with Crippen molar-refractivity contribution in [2.75, 3.05) is 45.8 Å². The first-order valence-electron chi connectivity index (χ1n) is 9.87. The van der Waals surface area contributed by atoms with Crippen LogP contribution in [0.1, 0.15) is 38.5 Å². The molecule has 25 heavy (non-hydrogen) atoms. The Morgan fingerprint density at radius 2 is 1.60 bits per heavy atom. The lowest BCUT2D eigenvalue weighted by molar-refractivity contribution is -0.138. The molecule has 140 valence electrons. The van der Waals surface area contributed by atoms with Gasteiger partial charge in [-0.1, -0.05) is 18.9 Å². The topological polar surface area (TPSA) is 55.9 Å². The molecule has 0 aromatic heterocycles. The van der Waals surface area contributed by atoms with E-state index < -0.39 is 0 Å². The second kappa shape index (κ2) is 8.70. The van der Waals surface area contributed by atoms with Gasteiger partial charge in [-0.25, -0.2) is 4.79 Å². The molecule has 3 fully saturated rings. The molecule has 0 aromatic rings. The van der Waals surface area contributed by atoms with Crippen LogP contribution in [-0.2, 0) is 4.79 Å². The van der Waals surface area contributed by atoms with Crippen molar-refractivity contribution in [1.29, 1.82) is 0 Å². The number of hydrogen-bond acceptors (Lipinski definition) is 3. The van der Waals surface area contributed by atoms with E-state index >= 15 is 0 Å². The smallest absolute Gasteiger partial charge is 0.317 e. The number of carbonyl (C=O) groups excluding carboxylic acids is 2. The molecule has 3 rings (SSSR count). The van der Waals surface area contributed by atoms with E-state index in [1.807, 2.05) is 4.90 Å². The molecule has 0 aromatic carbocycles. The fourth-order valence-electron chi connectivity index (χ4n) is 4.53. The Kier molecular flexibility index (Phi) is 6.34. The third-order valence-electron chi connectivity index (χ3n) is 5.91. The van der Waals surface area contributed by atoms with Crippen molar-refractivity contribution >= 4 is 11.9 Å². The van der Waals surface area contributed by atoms with Crippen LogP contribution in [0.2, 0.25) is 0 Å². The molecule has 2 aliphatic heterocycles. The predicted octanol–water partition coefficient (Wildman–Crippen LogP) is 1.68. The van der Waals surface area contributed by atoms with Gasteiger partial charge in [0.25, 0.3) is 0 Å². The van der Waals surface area contributed by atoms with Gasteiger partial charge in [-0.3, -0.25) is 9.69 Å². The monoisotopic (exact) mass is 348 g/mol. The van der Waals surface area contributed by atoms with Crippen molar-refractivity contribution in [2.45, 2.75) is 44.6 Å². The summed E-state index contributed by atoms with van der Waals surface area (Å²) in [6, 6.07) is 0.00169. The van der Waals surface area contributed by atoms with Crippen LogP contribution in [0.3, 0.4) is 0 Å². The third-order valence-corrected chi connectivity index (χ3v) is 5.91. The highest BCUT2D eigenvalue weighted by atomic mass is 16.2. The van der Waals surface area contributed by atoms with E-state index in [1.165, 1.54) is 25.7 Å². The van der Waals surface area contributed by atoms with Gasteiger partial charge in [0, 0.05) is 45.8 Å². The van der Waals surface area contributed by atoms with Crippen molar-refractivity contribution in [2.24, 2.45) is 5.92 Å². The molecule has 1 saturated carbocycles. The van der Waals surface area contributed by atoms with Gasteiger partial charge in [0.2, 0.25) is 5.91 Å². The lowest BCUT2D eigenvalue weighted by atomic mass is 9.94. The summed E-state index contributed by atoms with van der Waals surface area (Å²) in [6.45, 7) is 8.95. The number of piperazine rings is 1. The highest BCUT2D eigenvalue weighted by Crippen LogP contribution is 2.32. The molecule has 3 amide bonds. The van der Waals surface area contributed by atoms with Crippen molar-refractivity contribution < 1.29 is 9.59 Å². The number of nitrogens with one attached hydrogen (secondary N) is 1. The molecule has 1 atom stereocenters. The summed E-state index contributed by atoms with van der Waals surface area (Å²) >= 11 is 0. The maximum Gasteiger partial charge on any atom is 0.317 e. The lowest BCUT2D eigenvalue weighted by Crippen LogP contribution is -2.59. The van der Waals surface area contributed by atoms with Crippen LogP contribution in [0.25, 0.3) is 0 Å². The zero-order chi connectivity index (χ0) is 17.6. The first-order chi connectivity index (χ1) is 12.2. The van der Waals surface area contributed by atoms with E-state index in [1.54, 1.807) is 6.08 Å². The van der Waals surface area contributed by atoms with E-state index in [0.29, 0.717) is 31.5 Å². The molecule has 1 unspecified atom stereocenters. The molecule has 2 saturated heterocycles. The summed E-state index contributed by atoms with van der Waals surface area (Å²) in [4.78, 5) is 31.6. The third kappa shape index (κ3) is 4.35. The second-order valence-electron chi connectivity index (χ2n) is 7.52. The Bertz CT molecular complexity index is 476. The average molecular weight is 348 g/mol. The van der Waals surface area contributed by atoms with E-state index in [4.69, 9.17) is 0 Å².